The first-order chi connectivity index (χ1) is 9.60. The van der Waals surface area contributed by atoms with E-state index >= 15 is 0 Å². The molecule has 0 unspecified atom stereocenters. The lowest BCUT2D eigenvalue weighted by Gasteiger charge is -2.08. The molecule has 0 bridgehead atoms. The molecule has 0 aliphatic heterocycles. The van der Waals surface area contributed by atoms with Crippen LogP contribution in [0.15, 0.2) is 24.5 Å². The maximum Gasteiger partial charge on any atom is 0.128 e. The van der Waals surface area contributed by atoms with Gasteiger partial charge in [-0.2, -0.15) is 0 Å². The fourth-order valence-corrected chi connectivity index (χ4v) is 2.47. The third-order valence-electron chi connectivity index (χ3n) is 3.45. The van der Waals surface area contributed by atoms with Crippen LogP contribution in [0.25, 0.3) is 11.0 Å². The van der Waals surface area contributed by atoms with Crippen molar-refractivity contribution in [3.63, 3.8) is 0 Å². The number of fused-ring (bicyclic) bond motifs is 1. The summed E-state index contributed by atoms with van der Waals surface area (Å²) in [7, 11) is 1.94. The summed E-state index contributed by atoms with van der Waals surface area (Å²) in [6, 6.07) is 3.26. The molecule has 0 amide bonds. The van der Waals surface area contributed by atoms with E-state index in [2.05, 4.69) is 9.97 Å². The molecule has 0 spiro atoms. The van der Waals surface area contributed by atoms with E-state index in [0.717, 1.165) is 17.2 Å². The first-order valence-corrected chi connectivity index (χ1v) is 6.81. The van der Waals surface area contributed by atoms with Gasteiger partial charge in [0.25, 0.3) is 0 Å². The van der Waals surface area contributed by atoms with E-state index in [1.807, 2.05) is 22.4 Å². The average Bonchev–Trinajstić information content (AvgIpc) is 2.96. The molecule has 104 valence electrons. The van der Waals surface area contributed by atoms with E-state index in [-0.39, 0.29) is 11.7 Å². The molecular formula is C14H14ClFN4. The van der Waals surface area contributed by atoms with Crippen LogP contribution in [-0.4, -0.2) is 19.1 Å². The zero-order valence-electron chi connectivity index (χ0n) is 11.3. The van der Waals surface area contributed by atoms with Crippen molar-refractivity contribution in [3.05, 3.63) is 47.6 Å². The van der Waals surface area contributed by atoms with Gasteiger partial charge in [0.05, 0.1) is 23.5 Å². The molecular weight excluding hydrogens is 279 g/mol. The molecule has 1 aromatic carbocycles. The SMILES string of the molecule is Cc1cc2c(cc1F)nc(CCl)n2Cc1nccn1C. The number of benzene rings is 1. The second-order valence-electron chi connectivity index (χ2n) is 4.79. The van der Waals surface area contributed by atoms with Gasteiger partial charge in [-0.25, -0.2) is 14.4 Å². The fourth-order valence-electron chi connectivity index (χ4n) is 2.27. The Morgan fingerprint density at radius 3 is 2.75 bits per heavy atom. The molecule has 0 aliphatic carbocycles. The number of nitrogens with zero attached hydrogens (tertiary/aromatic N) is 4. The monoisotopic (exact) mass is 292 g/mol. The first-order valence-electron chi connectivity index (χ1n) is 6.27. The Morgan fingerprint density at radius 1 is 1.30 bits per heavy atom. The Morgan fingerprint density at radius 2 is 2.10 bits per heavy atom. The molecule has 0 aliphatic rings. The van der Waals surface area contributed by atoms with Crippen LogP contribution in [0.4, 0.5) is 4.39 Å². The molecule has 6 heteroatoms. The van der Waals surface area contributed by atoms with E-state index in [1.54, 1.807) is 19.2 Å². The number of rotatable bonds is 3. The number of imidazole rings is 2. The highest BCUT2D eigenvalue weighted by atomic mass is 35.5. The van der Waals surface area contributed by atoms with Gasteiger partial charge in [-0.3, -0.25) is 0 Å². The van der Waals surface area contributed by atoms with Crippen molar-refractivity contribution in [2.45, 2.75) is 19.3 Å². The highest BCUT2D eigenvalue weighted by Crippen LogP contribution is 2.22. The minimum absolute atomic E-state index is 0.250. The Balaban J connectivity index is 2.17. The van der Waals surface area contributed by atoms with E-state index in [4.69, 9.17) is 11.6 Å². The molecule has 0 saturated heterocycles. The lowest BCUT2D eigenvalue weighted by Crippen LogP contribution is -2.08. The summed E-state index contributed by atoms with van der Waals surface area (Å²) >= 11 is 5.96. The lowest BCUT2D eigenvalue weighted by atomic mass is 10.2. The largest absolute Gasteiger partial charge is 0.337 e. The van der Waals surface area contributed by atoms with Gasteiger partial charge in [0.15, 0.2) is 0 Å². The van der Waals surface area contributed by atoms with Gasteiger partial charge in [-0.05, 0) is 18.6 Å². The molecule has 0 atom stereocenters. The Bertz CT molecular complexity index is 775. The van der Waals surface area contributed by atoms with Crippen LogP contribution in [0.1, 0.15) is 17.2 Å². The van der Waals surface area contributed by atoms with Crippen molar-refractivity contribution in [2.24, 2.45) is 7.05 Å². The molecule has 2 aromatic heterocycles. The Kier molecular flexibility index (Phi) is 3.22. The number of hydrogen-bond donors (Lipinski definition) is 0. The van der Waals surface area contributed by atoms with Gasteiger partial charge in [0, 0.05) is 25.5 Å². The minimum Gasteiger partial charge on any atom is -0.337 e. The predicted octanol–water partition coefficient (Wildman–Crippen LogP) is 3.00. The van der Waals surface area contributed by atoms with Gasteiger partial charge < -0.3 is 9.13 Å². The molecule has 0 N–H and O–H groups in total. The first kappa shape index (κ1) is 13.1. The van der Waals surface area contributed by atoms with Gasteiger partial charge in [0.1, 0.15) is 17.5 Å². The van der Waals surface area contributed by atoms with E-state index in [1.165, 1.54) is 6.07 Å². The van der Waals surface area contributed by atoms with Gasteiger partial charge in [-0.1, -0.05) is 0 Å². The molecule has 4 nitrogen and oxygen atoms in total. The molecule has 0 fully saturated rings. The smallest absolute Gasteiger partial charge is 0.128 e. The molecule has 3 rings (SSSR count). The van der Waals surface area contributed by atoms with Gasteiger partial charge in [-0.15, -0.1) is 11.6 Å². The van der Waals surface area contributed by atoms with Crippen molar-refractivity contribution < 1.29 is 4.39 Å². The number of halogens is 2. The van der Waals surface area contributed by atoms with Crippen LogP contribution in [0.3, 0.4) is 0 Å². The third-order valence-corrected chi connectivity index (χ3v) is 3.69. The number of alkyl halides is 1. The number of hydrogen-bond acceptors (Lipinski definition) is 2. The summed E-state index contributed by atoms with van der Waals surface area (Å²) in [6.07, 6.45) is 3.64. The normalized spacial score (nSPS) is 11.4. The maximum absolute atomic E-state index is 13.6. The summed E-state index contributed by atoms with van der Waals surface area (Å²) in [5.74, 6) is 1.65. The topological polar surface area (TPSA) is 35.6 Å². The molecule has 3 aromatic rings. The quantitative estimate of drug-likeness (QED) is 0.696. The number of aryl methyl sites for hydroxylation is 2. The van der Waals surface area contributed by atoms with Crippen molar-refractivity contribution in [1.82, 2.24) is 19.1 Å². The molecule has 0 radical (unpaired) electrons. The van der Waals surface area contributed by atoms with Crippen LogP contribution >= 0.6 is 11.6 Å². The summed E-state index contributed by atoms with van der Waals surface area (Å²) in [6.45, 7) is 2.31. The predicted molar refractivity (Wildman–Crippen MR) is 76.3 cm³/mol. The third kappa shape index (κ3) is 2.08. The molecule has 0 saturated carbocycles. The summed E-state index contributed by atoms with van der Waals surface area (Å²) in [4.78, 5) is 8.71. The Hall–Kier alpha value is -1.88. The van der Waals surface area contributed by atoms with Crippen molar-refractivity contribution >= 4 is 22.6 Å². The van der Waals surface area contributed by atoms with E-state index < -0.39 is 0 Å². The van der Waals surface area contributed by atoms with Gasteiger partial charge in [0.2, 0.25) is 0 Å². The van der Waals surface area contributed by atoms with E-state index in [9.17, 15) is 4.39 Å². The summed E-state index contributed by atoms with van der Waals surface area (Å²) in [5, 5.41) is 0. The number of aromatic nitrogens is 4. The highest BCUT2D eigenvalue weighted by Gasteiger charge is 2.14. The summed E-state index contributed by atoms with van der Waals surface area (Å²) < 4.78 is 17.6. The van der Waals surface area contributed by atoms with Crippen molar-refractivity contribution in [2.75, 3.05) is 0 Å². The van der Waals surface area contributed by atoms with E-state index in [0.29, 0.717) is 17.6 Å². The van der Waals surface area contributed by atoms with Gasteiger partial charge >= 0.3 is 0 Å². The van der Waals surface area contributed by atoms with Crippen molar-refractivity contribution in [3.8, 4) is 0 Å². The second-order valence-corrected chi connectivity index (χ2v) is 5.06. The highest BCUT2D eigenvalue weighted by molar-refractivity contribution is 6.16. The van der Waals surface area contributed by atoms with Crippen LogP contribution < -0.4 is 0 Å². The van der Waals surface area contributed by atoms with Crippen LogP contribution in [0, 0.1) is 12.7 Å². The van der Waals surface area contributed by atoms with Crippen LogP contribution in [-0.2, 0) is 19.5 Å². The minimum atomic E-state index is -0.250. The average molecular weight is 293 g/mol. The van der Waals surface area contributed by atoms with Crippen molar-refractivity contribution in [1.29, 1.82) is 0 Å². The van der Waals surface area contributed by atoms with Crippen LogP contribution in [0.5, 0.6) is 0 Å². The Labute approximate surface area is 120 Å². The van der Waals surface area contributed by atoms with Crippen LogP contribution in [0.2, 0.25) is 0 Å². The zero-order valence-corrected chi connectivity index (χ0v) is 12.0. The maximum atomic E-state index is 13.6. The molecule has 20 heavy (non-hydrogen) atoms. The lowest BCUT2D eigenvalue weighted by molar-refractivity contribution is 0.620. The zero-order chi connectivity index (χ0) is 14.3. The standard InChI is InChI=1S/C14H14ClFN4/c1-9-5-12-11(6-10(9)16)18-13(7-15)20(12)8-14-17-3-4-19(14)2/h3-6H,7-8H2,1-2H3. The fraction of sp³-hybridized carbons (Fsp3) is 0.286. The second kappa shape index (κ2) is 4.90. The molecule has 2 heterocycles. The summed E-state index contributed by atoms with van der Waals surface area (Å²) in [5.41, 5.74) is 2.10.